The third kappa shape index (κ3) is 3.66. The highest BCUT2D eigenvalue weighted by Gasteiger charge is 2.24. The van der Waals surface area contributed by atoms with Gasteiger partial charge in [0.25, 0.3) is 5.56 Å². The lowest BCUT2D eigenvalue weighted by molar-refractivity contribution is 0.131. The Morgan fingerprint density at radius 1 is 1.04 bits per heavy atom. The van der Waals surface area contributed by atoms with Crippen LogP contribution in [0.25, 0.3) is 11.2 Å². The fraction of sp³-hybridized carbons (Fsp3) is 0.722. The highest BCUT2D eigenvalue weighted by molar-refractivity contribution is 5.68. The smallest absolute Gasteiger partial charge is 0.336 e. The molecule has 0 unspecified atom stereocenters. The molecule has 0 radical (unpaired) electrons. The van der Waals surface area contributed by atoms with Crippen molar-refractivity contribution >= 4 is 11.2 Å². The van der Waals surface area contributed by atoms with E-state index in [9.17, 15) is 9.59 Å². The molecule has 1 aliphatic carbocycles. The zero-order valence-corrected chi connectivity index (χ0v) is 16.5. The zero-order valence-electron chi connectivity index (χ0n) is 16.5. The molecule has 0 amide bonds. The summed E-state index contributed by atoms with van der Waals surface area (Å²) in [7, 11) is 3.60. The van der Waals surface area contributed by atoms with Crippen molar-refractivity contribution in [1.29, 1.82) is 0 Å². The first-order chi connectivity index (χ1) is 13.5. The van der Waals surface area contributed by atoms with E-state index < -0.39 is 5.56 Å². The van der Waals surface area contributed by atoms with E-state index in [0.29, 0.717) is 6.61 Å². The van der Waals surface area contributed by atoms with Crippen LogP contribution in [0.5, 0.6) is 6.01 Å². The molecule has 10 nitrogen and oxygen atoms in total. The van der Waals surface area contributed by atoms with Gasteiger partial charge in [-0.05, 0) is 19.9 Å². The van der Waals surface area contributed by atoms with Crippen LogP contribution in [-0.4, -0.2) is 80.5 Å². The van der Waals surface area contributed by atoms with Crippen LogP contribution in [-0.2, 0) is 7.05 Å². The van der Waals surface area contributed by atoms with Crippen molar-refractivity contribution < 1.29 is 4.74 Å². The number of ether oxygens (including phenoxy) is 1. The van der Waals surface area contributed by atoms with Crippen molar-refractivity contribution in [3.05, 3.63) is 20.8 Å². The van der Waals surface area contributed by atoms with Crippen molar-refractivity contribution in [3.63, 3.8) is 0 Å². The standard InChI is InChI=1S/C18H27N7O3/c1-22-7-9-24(10-8-22)11-12-28-17-19-14-15(20-21-17)25(13-5-3-4-6-13)18(27)23(2)16(14)26/h13H,3-12H2,1-2H3. The fourth-order valence-electron chi connectivity index (χ4n) is 4.00. The van der Waals surface area contributed by atoms with Gasteiger partial charge in [0.2, 0.25) is 0 Å². The van der Waals surface area contributed by atoms with Crippen LogP contribution in [0.1, 0.15) is 31.7 Å². The summed E-state index contributed by atoms with van der Waals surface area (Å²) >= 11 is 0. The number of likely N-dealkylation sites (N-methyl/N-ethyl adjacent to an activating group) is 1. The molecule has 0 atom stereocenters. The first-order valence-corrected chi connectivity index (χ1v) is 9.94. The van der Waals surface area contributed by atoms with Gasteiger partial charge in [0.05, 0.1) is 0 Å². The molecule has 2 aliphatic rings. The number of piperazine rings is 1. The van der Waals surface area contributed by atoms with Crippen molar-refractivity contribution in [2.45, 2.75) is 31.7 Å². The molecule has 0 spiro atoms. The lowest BCUT2D eigenvalue weighted by Gasteiger charge is -2.31. The molecule has 0 N–H and O–H groups in total. The van der Waals surface area contributed by atoms with Gasteiger partial charge in [-0.3, -0.25) is 18.8 Å². The normalized spacial score (nSPS) is 19.5. The number of nitrogens with zero attached hydrogens (tertiary/aromatic N) is 7. The van der Waals surface area contributed by atoms with E-state index in [2.05, 4.69) is 32.0 Å². The van der Waals surface area contributed by atoms with E-state index in [-0.39, 0.29) is 28.9 Å². The predicted molar refractivity (Wildman–Crippen MR) is 104 cm³/mol. The highest BCUT2D eigenvalue weighted by atomic mass is 16.5. The second-order valence-corrected chi connectivity index (χ2v) is 7.71. The maximum atomic E-state index is 12.6. The molecule has 2 aromatic heterocycles. The Morgan fingerprint density at radius 3 is 2.46 bits per heavy atom. The van der Waals surface area contributed by atoms with Gasteiger partial charge in [0.15, 0.2) is 11.2 Å². The van der Waals surface area contributed by atoms with Crippen molar-refractivity contribution in [2.75, 3.05) is 46.4 Å². The molecule has 4 rings (SSSR count). The lowest BCUT2D eigenvalue weighted by Crippen LogP contribution is -2.45. The van der Waals surface area contributed by atoms with Gasteiger partial charge >= 0.3 is 11.7 Å². The second-order valence-electron chi connectivity index (χ2n) is 7.71. The SMILES string of the molecule is CN1CCN(CCOc2nnc3c(n2)c(=O)n(C)c(=O)n3C2CCCC2)CC1. The molecule has 1 aliphatic heterocycles. The van der Waals surface area contributed by atoms with Crippen LogP contribution in [0.2, 0.25) is 0 Å². The Labute approximate surface area is 162 Å². The summed E-state index contributed by atoms with van der Waals surface area (Å²) in [6.07, 6.45) is 3.93. The van der Waals surface area contributed by atoms with Crippen LogP contribution in [0.4, 0.5) is 0 Å². The second kappa shape index (κ2) is 7.96. The zero-order chi connectivity index (χ0) is 19.7. The van der Waals surface area contributed by atoms with Gasteiger partial charge in [0, 0.05) is 45.8 Å². The Kier molecular flexibility index (Phi) is 5.40. The van der Waals surface area contributed by atoms with Crippen LogP contribution < -0.4 is 16.0 Å². The number of rotatable bonds is 5. The van der Waals surface area contributed by atoms with Crippen molar-refractivity contribution in [2.24, 2.45) is 7.05 Å². The molecule has 0 bridgehead atoms. The van der Waals surface area contributed by atoms with E-state index in [1.807, 2.05) is 0 Å². The highest BCUT2D eigenvalue weighted by Crippen LogP contribution is 2.29. The number of aromatic nitrogens is 5. The van der Waals surface area contributed by atoms with Crippen LogP contribution >= 0.6 is 0 Å². The molecular weight excluding hydrogens is 362 g/mol. The van der Waals surface area contributed by atoms with Gasteiger partial charge in [0.1, 0.15) is 6.61 Å². The van der Waals surface area contributed by atoms with Gasteiger partial charge in [-0.2, -0.15) is 4.98 Å². The molecule has 1 saturated carbocycles. The van der Waals surface area contributed by atoms with E-state index in [1.54, 1.807) is 4.57 Å². The van der Waals surface area contributed by atoms with Crippen LogP contribution in [0, 0.1) is 0 Å². The molecule has 2 aromatic rings. The molecule has 28 heavy (non-hydrogen) atoms. The van der Waals surface area contributed by atoms with Gasteiger partial charge in [-0.25, -0.2) is 4.79 Å². The first kappa shape index (κ1) is 19.0. The van der Waals surface area contributed by atoms with E-state index in [0.717, 1.165) is 63.0 Å². The summed E-state index contributed by atoms with van der Waals surface area (Å²) in [4.78, 5) is 34.1. The molecule has 2 fully saturated rings. The van der Waals surface area contributed by atoms with Gasteiger partial charge < -0.3 is 9.64 Å². The molecule has 152 valence electrons. The third-order valence-corrected chi connectivity index (χ3v) is 5.80. The van der Waals surface area contributed by atoms with Crippen LogP contribution in [0.3, 0.4) is 0 Å². The summed E-state index contributed by atoms with van der Waals surface area (Å²) in [5.41, 5.74) is -0.428. The van der Waals surface area contributed by atoms with Crippen molar-refractivity contribution in [1.82, 2.24) is 34.1 Å². The number of hydrogen-bond donors (Lipinski definition) is 0. The van der Waals surface area contributed by atoms with E-state index in [4.69, 9.17) is 4.74 Å². The number of hydrogen-bond acceptors (Lipinski definition) is 8. The summed E-state index contributed by atoms with van der Waals surface area (Å²) in [5, 5.41) is 8.18. The third-order valence-electron chi connectivity index (χ3n) is 5.80. The number of fused-ring (bicyclic) bond motifs is 1. The Morgan fingerprint density at radius 2 is 1.75 bits per heavy atom. The predicted octanol–water partition coefficient (Wildman–Crippen LogP) is -0.373. The summed E-state index contributed by atoms with van der Waals surface area (Å²) in [6, 6.07) is 0.122. The maximum absolute atomic E-state index is 12.6. The topological polar surface area (TPSA) is 98.4 Å². The average Bonchev–Trinajstić information content (AvgIpc) is 3.23. The quantitative estimate of drug-likeness (QED) is 0.683. The Hall–Kier alpha value is -2.33. The lowest BCUT2D eigenvalue weighted by atomic mass is 10.2. The van der Waals surface area contributed by atoms with Crippen LogP contribution in [0.15, 0.2) is 9.59 Å². The minimum Gasteiger partial charge on any atom is -0.461 e. The first-order valence-electron chi connectivity index (χ1n) is 9.94. The molecule has 3 heterocycles. The Bertz CT molecular complexity index is 956. The van der Waals surface area contributed by atoms with E-state index in [1.165, 1.54) is 7.05 Å². The minimum absolute atomic E-state index is 0.0434. The maximum Gasteiger partial charge on any atom is 0.336 e. The average molecular weight is 389 g/mol. The molecule has 10 heteroatoms. The molecule has 1 saturated heterocycles. The monoisotopic (exact) mass is 389 g/mol. The van der Waals surface area contributed by atoms with E-state index >= 15 is 0 Å². The molecule has 0 aromatic carbocycles. The van der Waals surface area contributed by atoms with Gasteiger partial charge in [-0.1, -0.05) is 17.9 Å². The largest absolute Gasteiger partial charge is 0.461 e. The van der Waals surface area contributed by atoms with Crippen molar-refractivity contribution in [3.8, 4) is 6.01 Å². The molecular formula is C18H27N7O3. The summed E-state index contributed by atoms with van der Waals surface area (Å²) < 4.78 is 8.34. The summed E-state index contributed by atoms with van der Waals surface area (Å²) in [6.45, 7) is 5.30. The summed E-state index contributed by atoms with van der Waals surface area (Å²) in [5.74, 6) is 0. The fourth-order valence-corrected chi connectivity index (χ4v) is 4.00. The minimum atomic E-state index is -0.465. The Balaban J connectivity index is 1.55. The van der Waals surface area contributed by atoms with Gasteiger partial charge in [-0.15, -0.1) is 5.10 Å².